The SMILES string of the molecule is c1ccc(-n2c(-c3cccc4c(-c5cccc6ccccc56)c5cccc(-c6nc7ccc8ccccc8c7n6-c6ccccc6)c5cc34)nc3ccc4ccccc4c32)cc1. The molecule has 62 heavy (non-hydrogen) atoms. The normalized spacial score (nSPS) is 11.9. The third-order valence-corrected chi connectivity index (χ3v) is 12.7. The number of para-hydroxylation sites is 2. The number of nitrogens with zero attached hydrogens (tertiary/aromatic N) is 4. The predicted octanol–water partition coefficient (Wildman–Crippen LogP) is 15.1. The monoisotopic (exact) mass is 788 g/mol. The van der Waals surface area contributed by atoms with Crippen LogP contribution in [0.3, 0.4) is 0 Å². The third-order valence-electron chi connectivity index (χ3n) is 12.7. The van der Waals surface area contributed by atoms with Crippen LogP contribution in [-0.2, 0) is 0 Å². The van der Waals surface area contributed by atoms with Gasteiger partial charge in [0.25, 0.3) is 0 Å². The summed E-state index contributed by atoms with van der Waals surface area (Å²) in [6, 6.07) is 78.6. The molecule has 0 bridgehead atoms. The number of hydrogen-bond donors (Lipinski definition) is 0. The van der Waals surface area contributed by atoms with Crippen molar-refractivity contribution in [1.82, 2.24) is 19.1 Å². The Morgan fingerprint density at radius 2 is 0.661 bits per heavy atom. The van der Waals surface area contributed by atoms with Gasteiger partial charge in [-0.1, -0.05) is 176 Å². The predicted molar refractivity (Wildman–Crippen MR) is 260 cm³/mol. The van der Waals surface area contributed by atoms with Gasteiger partial charge in [0.15, 0.2) is 0 Å². The molecule has 4 nitrogen and oxygen atoms in total. The van der Waals surface area contributed by atoms with Crippen molar-refractivity contribution >= 4 is 75.9 Å². The summed E-state index contributed by atoms with van der Waals surface area (Å²) in [6.45, 7) is 0. The van der Waals surface area contributed by atoms with Crippen LogP contribution in [0.1, 0.15) is 0 Å². The van der Waals surface area contributed by atoms with Crippen molar-refractivity contribution in [2.75, 3.05) is 0 Å². The van der Waals surface area contributed by atoms with Gasteiger partial charge in [0.2, 0.25) is 0 Å². The maximum absolute atomic E-state index is 5.53. The Labute approximate surface area is 357 Å². The Bertz CT molecular complexity index is 3700. The molecule has 0 aliphatic carbocycles. The number of imidazole rings is 2. The summed E-state index contributed by atoms with van der Waals surface area (Å²) >= 11 is 0. The molecule has 0 atom stereocenters. The Balaban J connectivity index is 1.20. The second-order valence-corrected chi connectivity index (χ2v) is 16.1. The number of aromatic nitrogens is 4. The van der Waals surface area contributed by atoms with Gasteiger partial charge in [0.1, 0.15) is 11.6 Å². The highest BCUT2D eigenvalue weighted by Gasteiger charge is 2.24. The van der Waals surface area contributed by atoms with Gasteiger partial charge in [-0.3, -0.25) is 9.13 Å². The van der Waals surface area contributed by atoms with Crippen LogP contribution in [0.5, 0.6) is 0 Å². The quantitative estimate of drug-likeness (QED) is 0.163. The Morgan fingerprint density at radius 3 is 1.18 bits per heavy atom. The zero-order valence-corrected chi connectivity index (χ0v) is 33.6. The van der Waals surface area contributed by atoms with E-state index in [4.69, 9.17) is 9.97 Å². The molecule has 13 aromatic rings. The smallest absolute Gasteiger partial charge is 0.146 e. The van der Waals surface area contributed by atoms with Gasteiger partial charge in [0, 0.05) is 33.3 Å². The maximum atomic E-state index is 5.53. The first-order valence-electron chi connectivity index (χ1n) is 21.2. The second kappa shape index (κ2) is 13.6. The van der Waals surface area contributed by atoms with Crippen LogP contribution in [0.15, 0.2) is 218 Å². The van der Waals surface area contributed by atoms with E-state index in [0.29, 0.717) is 0 Å². The summed E-state index contributed by atoms with van der Waals surface area (Å²) in [5, 5.41) is 11.7. The Kier molecular flexibility index (Phi) is 7.57. The van der Waals surface area contributed by atoms with Crippen LogP contribution in [0.4, 0.5) is 0 Å². The third kappa shape index (κ3) is 5.14. The van der Waals surface area contributed by atoms with E-state index in [-0.39, 0.29) is 0 Å². The average Bonchev–Trinajstić information content (AvgIpc) is 3.93. The van der Waals surface area contributed by atoms with Gasteiger partial charge >= 0.3 is 0 Å². The highest BCUT2D eigenvalue weighted by Crippen LogP contribution is 2.46. The zero-order chi connectivity index (χ0) is 40.7. The highest BCUT2D eigenvalue weighted by molar-refractivity contribution is 6.22. The zero-order valence-electron chi connectivity index (χ0n) is 33.6. The summed E-state index contributed by atoms with van der Waals surface area (Å²) < 4.78 is 4.72. The number of rotatable bonds is 5. The lowest BCUT2D eigenvalue weighted by Crippen LogP contribution is -2.00. The lowest BCUT2D eigenvalue weighted by atomic mass is 9.86. The molecular formula is C58H36N4. The van der Waals surface area contributed by atoms with Gasteiger partial charge in [-0.05, 0) is 96.7 Å². The minimum absolute atomic E-state index is 0.900. The second-order valence-electron chi connectivity index (χ2n) is 16.1. The topological polar surface area (TPSA) is 35.6 Å². The molecule has 13 rings (SSSR count). The van der Waals surface area contributed by atoms with Gasteiger partial charge < -0.3 is 0 Å². The lowest BCUT2D eigenvalue weighted by molar-refractivity contribution is 1.11. The molecule has 0 saturated heterocycles. The minimum Gasteiger partial charge on any atom is -0.292 e. The first-order chi connectivity index (χ1) is 30.8. The van der Waals surface area contributed by atoms with Gasteiger partial charge in [-0.25, -0.2) is 9.97 Å². The van der Waals surface area contributed by atoms with E-state index in [0.717, 1.165) is 67.0 Å². The summed E-state index contributed by atoms with van der Waals surface area (Å²) in [7, 11) is 0. The maximum Gasteiger partial charge on any atom is 0.146 e. The average molecular weight is 789 g/mol. The van der Waals surface area contributed by atoms with Gasteiger partial charge in [-0.2, -0.15) is 0 Å². The standard InChI is InChI=1S/C58H36N4/c1-3-20-40(21-4-1)61-55-43-25-11-8-17-38(43)32-34-52(55)59-57(61)48-30-14-28-46-50(48)36-51-47(54(46)45-27-13-19-37-16-7-10-24-42(37)45)29-15-31-49(51)58-60-53-35-33-39-18-9-12-26-44(39)56(53)62(58)41-22-5-2-6-23-41/h1-36H. The Hall–Kier alpha value is -8.34. The van der Waals surface area contributed by atoms with Crippen LogP contribution in [0.25, 0.3) is 121 Å². The highest BCUT2D eigenvalue weighted by atomic mass is 15.1. The summed E-state index contributed by atoms with van der Waals surface area (Å²) in [4.78, 5) is 11.1. The van der Waals surface area contributed by atoms with E-state index in [1.54, 1.807) is 0 Å². The molecule has 0 saturated carbocycles. The van der Waals surface area contributed by atoms with E-state index in [1.807, 2.05) is 0 Å². The molecule has 0 unspecified atom stereocenters. The molecule has 0 N–H and O–H groups in total. The summed E-state index contributed by atoms with van der Waals surface area (Å²) in [5.74, 6) is 1.80. The Morgan fingerprint density at radius 1 is 0.274 bits per heavy atom. The molecule has 0 amide bonds. The van der Waals surface area contributed by atoms with Crippen LogP contribution in [0.2, 0.25) is 0 Å². The first kappa shape index (κ1) is 34.5. The summed E-state index contributed by atoms with van der Waals surface area (Å²) in [5.41, 5.74) is 10.8. The van der Waals surface area contributed by atoms with Crippen LogP contribution < -0.4 is 0 Å². The van der Waals surface area contributed by atoms with Crippen molar-refractivity contribution < 1.29 is 0 Å². The summed E-state index contributed by atoms with van der Waals surface area (Å²) in [6.07, 6.45) is 0. The van der Waals surface area contributed by atoms with E-state index in [1.165, 1.54) is 54.2 Å². The molecule has 0 aliphatic rings. The fourth-order valence-corrected chi connectivity index (χ4v) is 9.99. The number of hydrogen-bond acceptors (Lipinski definition) is 2. The van der Waals surface area contributed by atoms with Crippen molar-refractivity contribution in [1.29, 1.82) is 0 Å². The molecule has 0 radical (unpaired) electrons. The molecule has 11 aromatic carbocycles. The number of fused-ring (bicyclic) bond motifs is 9. The molecule has 2 aromatic heterocycles. The lowest BCUT2D eigenvalue weighted by Gasteiger charge is -2.19. The fraction of sp³-hybridized carbons (Fsp3) is 0. The van der Waals surface area contributed by atoms with E-state index >= 15 is 0 Å². The molecule has 4 heteroatoms. The van der Waals surface area contributed by atoms with Crippen molar-refractivity contribution in [3.8, 4) is 45.3 Å². The molecular weight excluding hydrogens is 753 g/mol. The molecule has 0 fully saturated rings. The van der Waals surface area contributed by atoms with Crippen molar-refractivity contribution in [3.63, 3.8) is 0 Å². The van der Waals surface area contributed by atoms with Gasteiger partial charge in [-0.15, -0.1) is 0 Å². The minimum atomic E-state index is 0.900. The molecule has 2 heterocycles. The van der Waals surface area contributed by atoms with Crippen molar-refractivity contribution in [2.24, 2.45) is 0 Å². The molecule has 0 spiro atoms. The van der Waals surface area contributed by atoms with E-state index < -0.39 is 0 Å². The van der Waals surface area contributed by atoms with Crippen molar-refractivity contribution in [2.45, 2.75) is 0 Å². The molecule has 288 valence electrons. The molecule has 0 aliphatic heterocycles. The van der Waals surface area contributed by atoms with Crippen LogP contribution >= 0.6 is 0 Å². The first-order valence-corrected chi connectivity index (χ1v) is 21.2. The number of benzene rings is 11. The van der Waals surface area contributed by atoms with E-state index in [2.05, 4.69) is 228 Å². The van der Waals surface area contributed by atoms with Crippen LogP contribution in [-0.4, -0.2) is 19.1 Å². The fourth-order valence-electron chi connectivity index (χ4n) is 9.99. The largest absolute Gasteiger partial charge is 0.292 e. The van der Waals surface area contributed by atoms with Crippen LogP contribution in [0, 0.1) is 0 Å². The van der Waals surface area contributed by atoms with Crippen molar-refractivity contribution in [3.05, 3.63) is 218 Å². The van der Waals surface area contributed by atoms with E-state index in [9.17, 15) is 0 Å². The van der Waals surface area contributed by atoms with Gasteiger partial charge in [0.05, 0.1) is 22.1 Å².